The third-order valence-corrected chi connectivity index (χ3v) is 3.02. The van der Waals surface area contributed by atoms with Gasteiger partial charge in [-0.2, -0.15) is 0 Å². The number of hydrogen-bond donors (Lipinski definition) is 2. The number of rotatable bonds is 5. The van der Waals surface area contributed by atoms with E-state index in [0.717, 1.165) is 5.56 Å². The molecule has 0 aliphatic heterocycles. The molecular formula is C18H18N2O4. The molecule has 24 heavy (non-hydrogen) atoms. The van der Waals surface area contributed by atoms with Gasteiger partial charge in [0.05, 0.1) is 5.56 Å². The van der Waals surface area contributed by atoms with Crippen molar-refractivity contribution in [2.45, 2.75) is 20.5 Å². The number of carbonyl (C=O) groups excluding carboxylic acids is 3. The zero-order chi connectivity index (χ0) is 17.5. The highest BCUT2D eigenvalue weighted by Crippen LogP contribution is 2.20. The second-order valence-corrected chi connectivity index (χ2v) is 5.22. The van der Waals surface area contributed by atoms with E-state index in [1.54, 1.807) is 6.07 Å². The van der Waals surface area contributed by atoms with Crippen molar-refractivity contribution in [3.8, 4) is 0 Å². The standard InChI is InChI=1S/C18H18N2O4/c1-12(21)19-16-8-15(9-17(10-16)20-13(2)22)18(23)24-11-14-6-4-3-5-7-14/h3-10H,11H2,1-2H3,(H,19,21)(H,20,22). The van der Waals surface area contributed by atoms with Gasteiger partial charge in [0, 0.05) is 25.2 Å². The maximum absolute atomic E-state index is 12.2. The summed E-state index contributed by atoms with van der Waals surface area (Å²) in [7, 11) is 0. The SMILES string of the molecule is CC(=O)Nc1cc(NC(C)=O)cc(C(=O)OCc2ccccc2)c1. The van der Waals surface area contributed by atoms with Crippen LogP contribution in [0, 0.1) is 0 Å². The monoisotopic (exact) mass is 326 g/mol. The Balaban J connectivity index is 2.18. The van der Waals surface area contributed by atoms with Crippen LogP contribution in [0.25, 0.3) is 0 Å². The lowest BCUT2D eigenvalue weighted by Crippen LogP contribution is -2.12. The Kier molecular flexibility index (Phi) is 5.68. The molecule has 0 spiro atoms. The smallest absolute Gasteiger partial charge is 0.338 e. The maximum Gasteiger partial charge on any atom is 0.338 e. The normalized spacial score (nSPS) is 9.92. The highest BCUT2D eigenvalue weighted by Gasteiger charge is 2.12. The molecule has 0 atom stereocenters. The molecule has 0 heterocycles. The Hall–Kier alpha value is -3.15. The van der Waals surface area contributed by atoms with Crippen molar-refractivity contribution in [3.63, 3.8) is 0 Å². The Morgan fingerprint density at radius 1 is 0.875 bits per heavy atom. The first-order chi connectivity index (χ1) is 11.4. The number of nitrogens with one attached hydrogen (secondary N) is 2. The summed E-state index contributed by atoms with van der Waals surface area (Å²) in [5.74, 6) is -1.10. The molecule has 2 rings (SSSR count). The molecule has 0 saturated heterocycles. The number of hydrogen-bond acceptors (Lipinski definition) is 4. The molecule has 6 heteroatoms. The fraction of sp³-hybridized carbons (Fsp3) is 0.167. The molecular weight excluding hydrogens is 308 g/mol. The summed E-state index contributed by atoms with van der Waals surface area (Å²) in [4.78, 5) is 34.7. The zero-order valence-corrected chi connectivity index (χ0v) is 13.5. The molecule has 0 saturated carbocycles. The third kappa shape index (κ3) is 5.24. The molecule has 0 unspecified atom stereocenters. The Morgan fingerprint density at radius 2 is 1.42 bits per heavy atom. The van der Waals surface area contributed by atoms with Gasteiger partial charge in [0.15, 0.2) is 0 Å². The van der Waals surface area contributed by atoms with Gasteiger partial charge < -0.3 is 15.4 Å². The minimum Gasteiger partial charge on any atom is -0.457 e. The summed E-state index contributed by atoms with van der Waals surface area (Å²) >= 11 is 0. The minimum atomic E-state index is -0.544. The molecule has 0 aliphatic carbocycles. The molecule has 0 radical (unpaired) electrons. The van der Waals surface area contributed by atoms with Crippen molar-refractivity contribution >= 4 is 29.2 Å². The Labute approximate surface area is 139 Å². The van der Waals surface area contributed by atoms with Crippen LogP contribution >= 0.6 is 0 Å². The van der Waals surface area contributed by atoms with Crippen LogP contribution in [0.2, 0.25) is 0 Å². The van der Waals surface area contributed by atoms with Gasteiger partial charge in [-0.15, -0.1) is 0 Å². The van der Waals surface area contributed by atoms with Crippen LogP contribution in [0.15, 0.2) is 48.5 Å². The largest absolute Gasteiger partial charge is 0.457 e. The van der Waals surface area contributed by atoms with E-state index >= 15 is 0 Å². The van der Waals surface area contributed by atoms with Crippen LogP contribution in [0.3, 0.4) is 0 Å². The zero-order valence-electron chi connectivity index (χ0n) is 13.5. The van der Waals surface area contributed by atoms with Crippen molar-refractivity contribution in [2.75, 3.05) is 10.6 Å². The van der Waals surface area contributed by atoms with Crippen LogP contribution in [-0.4, -0.2) is 17.8 Å². The molecule has 2 N–H and O–H groups in total. The van der Waals surface area contributed by atoms with E-state index in [-0.39, 0.29) is 24.0 Å². The topological polar surface area (TPSA) is 84.5 Å². The van der Waals surface area contributed by atoms with Crippen molar-refractivity contribution in [1.82, 2.24) is 0 Å². The fourth-order valence-electron chi connectivity index (χ4n) is 2.10. The van der Waals surface area contributed by atoms with Gasteiger partial charge >= 0.3 is 5.97 Å². The average Bonchev–Trinajstić information content (AvgIpc) is 2.52. The van der Waals surface area contributed by atoms with E-state index in [1.807, 2.05) is 30.3 Å². The summed E-state index contributed by atoms with van der Waals surface area (Å²) < 4.78 is 5.27. The van der Waals surface area contributed by atoms with E-state index in [0.29, 0.717) is 11.4 Å². The quantitative estimate of drug-likeness (QED) is 0.827. The average molecular weight is 326 g/mol. The van der Waals surface area contributed by atoms with Gasteiger partial charge in [-0.05, 0) is 23.8 Å². The molecule has 6 nitrogen and oxygen atoms in total. The number of esters is 1. The highest BCUT2D eigenvalue weighted by molar-refractivity contribution is 5.97. The van der Waals surface area contributed by atoms with E-state index in [9.17, 15) is 14.4 Å². The van der Waals surface area contributed by atoms with E-state index in [2.05, 4.69) is 10.6 Å². The number of anilines is 2. The van der Waals surface area contributed by atoms with Crippen molar-refractivity contribution < 1.29 is 19.1 Å². The summed E-state index contributed by atoms with van der Waals surface area (Å²) in [5.41, 5.74) is 1.91. The van der Waals surface area contributed by atoms with Crippen LogP contribution in [0.1, 0.15) is 29.8 Å². The van der Waals surface area contributed by atoms with Gasteiger partial charge in [0.2, 0.25) is 11.8 Å². The fourth-order valence-corrected chi connectivity index (χ4v) is 2.10. The van der Waals surface area contributed by atoms with Crippen LogP contribution in [0.5, 0.6) is 0 Å². The van der Waals surface area contributed by atoms with Gasteiger partial charge in [-0.3, -0.25) is 9.59 Å². The van der Waals surface area contributed by atoms with Gasteiger partial charge in [-0.25, -0.2) is 4.79 Å². The summed E-state index contributed by atoms with van der Waals surface area (Å²) in [6.07, 6.45) is 0. The first-order valence-corrected chi connectivity index (χ1v) is 7.35. The molecule has 0 bridgehead atoms. The number of ether oxygens (including phenoxy) is 1. The van der Waals surface area contributed by atoms with Crippen LogP contribution < -0.4 is 10.6 Å². The number of carbonyl (C=O) groups is 3. The molecule has 124 valence electrons. The summed E-state index contributed by atoms with van der Waals surface area (Å²) in [6, 6.07) is 13.9. The van der Waals surface area contributed by atoms with Crippen molar-refractivity contribution in [2.24, 2.45) is 0 Å². The van der Waals surface area contributed by atoms with Crippen LogP contribution in [-0.2, 0) is 20.9 Å². The number of benzene rings is 2. The van der Waals surface area contributed by atoms with E-state index in [4.69, 9.17) is 4.74 Å². The lowest BCUT2D eigenvalue weighted by molar-refractivity contribution is -0.115. The molecule has 2 aromatic rings. The van der Waals surface area contributed by atoms with Gasteiger partial charge in [0.25, 0.3) is 0 Å². The molecule has 2 amide bonds. The van der Waals surface area contributed by atoms with Crippen molar-refractivity contribution in [1.29, 1.82) is 0 Å². The second kappa shape index (κ2) is 7.92. The third-order valence-electron chi connectivity index (χ3n) is 3.02. The molecule has 0 aliphatic rings. The Morgan fingerprint density at radius 3 is 1.92 bits per heavy atom. The predicted molar refractivity (Wildman–Crippen MR) is 90.6 cm³/mol. The predicted octanol–water partition coefficient (Wildman–Crippen LogP) is 2.96. The van der Waals surface area contributed by atoms with Crippen molar-refractivity contribution in [3.05, 3.63) is 59.7 Å². The summed E-state index contributed by atoms with van der Waals surface area (Å²) in [6.45, 7) is 2.86. The van der Waals surface area contributed by atoms with Crippen LogP contribution in [0.4, 0.5) is 11.4 Å². The van der Waals surface area contributed by atoms with Gasteiger partial charge in [-0.1, -0.05) is 30.3 Å². The first kappa shape index (κ1) is 17.2. The van der Waals surface area contributed by atoms with E-state index < -0.39 is 5.97 Å². The van der Waals surface area contributed by atoms with Gasteiger partial charge in [0.1, 0.15) is 6.61 Å². The molecule has 0 fully saturated rings. The molecule has 0 aromatic heterocycles. The van der Waals surface area contributed by atoms with E-state index in [1.165, 1.54) is 26.0 Å². The lowest BCUT2D eigenvalue weighted by atomic mass is 10.1. The maximum atomic E-state index is 12.2. The highest BCUT2D eigenvalue weighted by atomic mass is 16.5. The Bertz CT molecular complexity index is 723. The second-order valence-electron chi connectivity index (χ2n) is 5.22. The number of amides is 2. The minimum absolute atomic E-state index is 0.138. The first-order valence-electron chi connectivity index (χ1n) is 7.35. The lowest BCUT2D eigenvalue weighted by Gasteiger charge is -2.11. The summed E-state index contributed by atoms with van der Waals surface area (Å²) in [5, 5.41) is 5.18. The molecule has 2 aromatic carbocycles.